The van der Waals surface area contributed by atoms with Crippen LogP contribution in [0.4, 0.5) is 19.0 Å². The maximum atomic E-state index is 12.7. The van der Waals surface area contributed by atoms with Crippen LogP contribution in [0.15, 0.2) is 18.5 Å². The fraction of sp³-hybridized carbons (Fsp3) is 0.500. The number of rotatable bonds is 4. The molecule has 2 heterocycles. The Kier molecular flexibility index (Phi) is 3.85. The summed E-state index contributed by atoms with van der Waals surface area (Å²) in [5.74, 6) is 0.455. The Bertz CT molecular complexity index is 590. The van der Waals surface area contributed by atoms with Crippen molar-refractivity contribution in [2.24, 2.45) is 5.73 Å². The van der Waals surface area contributed by atoms with Gasteiger partial charge < -0.3 is 10.6 Å². The van der Waals surface area contributed by atoms with Crippen LogP contribution < -0.4 is 10.6 Å². The molecule has 0 aliphatic rings. The maximum absolute atomic E-state index is 12.7. The van der Waals surface area contributed by atoms with Crippen LogP contribution in [0.5, 0.6) is 0 Å². The van der Waals surface area contributed by atoms with Crippen LogP contribution in [0.1, 0.15) is 19.5 Å². The Labute approximate surface area is 114 Å². The van der Waals surface area contributed by atoms with Crippen molar-refractivity contribution in [3.63, 3.8) is 0 Å². The van der Waals surface area contributed by atoms with Crippen LogP contribution in [-0.4, -0.2) is 33.7 Å². The predicted molar refractivity (Wildman–Crippen MR) is 69.5 cm³/mol. The maximum Gasteiger partial charge on any atom is 0.435 e. The van der Waals surface area contributed by atoms with E-state index in [9.17, 15) is 13.2 Å². The zero-order valence-corrected chi connectivity index (χ0v) is 11.2. The quantitative estimate of drug-likeness (QED) is 0.933. The van der Waals surface area contributed by atoms with Gasteiger partial charge in [0.25, 0.3) is 0 Å². The van der Waals surface area contributed by atoms with E-state index >= 15 is 0 Å². The number of fused-ring (bicyclic) bond motifs is 1. The molecule has 2 rings (SSSR count). The first-order valence-corrected chi connectivity index (χ1v) is 6.23. The topological polar surface area (TPSA) is 59.5 Å². The average Bonchev–Trinajstić information content (AvgIpc) is 2.79. The van der Waals surface area contributed by atoms with Gasteiger partial charge in [0.2, 0.25) is 0 Å². The molecule has 0 unspecified atom stereocenters. The third-order valence-corrected chi connectivity index (χ3v) is 2.93. The summed E-state index contributed by atoms with van der Waals surface area (Å²) in [6, 6.07) is 1.08. The molecule has 0 atom stereocenters. The zero-order chi connectivity index (χ0) is 14.9. The van der Waals surface area contributed by atoms with E-state index < -0.39 is 11.9 Å². The standard InChI is InChI=1S/C12H16F3N5/c1-8(2)19(5-3-16)11-9-7-10(12(13,14)15)18-20(9)6-4-17-11/h4,6-8H,3,5,16H2,1-2H3. The minimum atomic E-state index is -4.47. The van der Waals surface area contributed by atoms with Gasteiger partial charge in [-0.1, -0.05) is 0 Å². The molecule has 0 fully saturated rings. The van der Waals surface area contributed by atoms with Gasteiger partial charge in [0, 0.05) is 37.6 Å². The number of nitrogens with zero attached hydrogens (tertiary/aromatic N) is 4. The largest absolute Gasteiger partial charge is 0.435 e. The number of hydrogen-bond donors (Lipinski definition) is 1. The highest BCUT2D eigenvalue weighted by molar-refractivity contribution is 5.69. The molecule has 8 heteroatoms. The van der Waals surface area contributed by atoms with Crippen molar-refractivity contribution in [1.29, 1.82) is 0 Å². The molecule has 0 saturated carbocycles. The van der Waals surface area contributed by atoms with Gasteiger partial charge in [0.1, 0.15) is 5.52 Å². The van der Waals surface area contributed by atoms with E-state index in [1.54, 1.807) is 0 Å². The molecule has 2 aromatic heterocycles. The summed E-state index contributed by atoms with van der Waals surface area (Å²) in [6.07, 6.45) is -1.64. The minimum Gasteiger partial charge on any atom is -0.351 e. The molecule has 0 aliphatic carbocycles. The lowest BCUT2D eigenvalue weighted by atomic mass is 10.3. The summed E-state index contributed by atoms with van der Waals surface area (Å²) in [6.45, 7) is 4.77. The lowest BCUT2D eigenvalue weighted by Crippen LogP contribution is -2.36. The Morgan fingerprint density at radius 1 is 1.40 bits per heavy atom. The molecule has 0 bridgehead atoms. The van der Waals surface area contributed by atoms with Crippen LogP contribution in [0.25, 0.3) is 5.52 Å². The average molecular weight is 287 g/mol. The van der Waals surface area contributed by atoms with Crippen LogP contribution in [0, 0.1) is 0 Å². The van der Waals surface area contributed by atoms with E-state index in [4.69, 9.17) is 5.73 Å². The second kappa shape index (κ2) is 5.28. The first-order valence-electron chi connectivity index (χ1n) is 6.23. The van der Waals surface area contributed by atoms with Gasteiger partial charge in [-0.15, -0.1) is 0 Å². The van der Waals surface area contributed by atoms with Gasteiger partial charge in [0.15, 0.2) is 11.5 Å². The monoisotopic (exact) mass is 287 g/mol. The summed E-state index contributed by atoms with van der Waals surface area (Å²) in [7, 11) is 0. The van der Waals surface area contributed by atoms with E-state index in [0.717, 1.165) is 6.07 Å². The summed E-state index contributed by atoms with van der Waals surface area (Å²) in [5.41, 5.74) is 4.94. The SMILES string of the molecule is CC(C)N(CCN)c1nccn2nc(C(F)(F)F)cc12. The number of halogens is 3. The first-order chi connectivity index (χ1) is 9.34. The van der Waals surface area contributed by atoms with E-state index in [1.165, 1.54) is 16.9 Å². The van der Waals surface area contributed by atoms with Crippen LogP contribution in [-0.2, 0) is 6.18 Å². The van der Waals surface area contributed by atoms with Gasteiger partial charge in [-0.05, 0) is 13.8 Å². The Hall–Kier alpha value is -1.83. The number of nitrogens with two attached hydrogens (primary N) is 1. The zero-order valence-electron chi connectivity index (χ0n) is 11.2. The van der Waals surface area contributed by atoms with Crippen LogP contribution in [0.2, 0.25) is 0 Å². The summed E-state index contributed by atoms with van der Waals surface area (Å²) in [5, 5.41) is 3.54. The molecule has 2 N–H and O–H groups in total. The lowest BCUT2D eigenvalue weighted by molar-refractivity contribution is -0.141. The van der Waals surface area contributed by atoms with Crippen molar-refractivity contribution in [3.05, 3.63) is 24.2 Å². The summed E-state index contributed by atoms with van der Waals surface area (Å²) in [4.78, 5) is 6.04. The molecule has 0 aliphatic heterocycles. The lowest BCUT2D eigenvalue weighted by Gasteiger charge is -2.27. The smallest absolute Gasteiger partial charge is 0.351 e. The van der Waals surface area contributed by atoms with E-state index in [2.05, 4.69) is 10.1 Å². The molecular formula is C12H16F3N5. The molecule has 20 heavy (non-hydrogen) atoms. The van der Waals surface area contributed by atoms with Crippen molar-refractivity contribution < 1.29 is 13.2 Å². The second-order valence-corrected chi connectivity index (χ2v) is 4.68. The molecule has 110 valence electrons. The van der Waals surface area contributed by atoms with Gasteiger partial charge in [-0.25, -0.2) is 9.50 Å². The highest BCUT2D eigenvalue weighted by Gasteiger charge is 2.34. The minimum absolute atomic E-state index is 0.0708. The van der Waals surface area contributed by atoms with Crippen molar-refractivity contribution in [2.45, 2.75) is 26.1 Å². The highest BCUT2D eigenvalue weighted by Crippen LogP contribution is 2.31. The molecular weight excluding hydrogens is 271 g/mol. The molecule has 2 aromatic rings. The number of anilines is 1. The molecule has 5 nitrogen and oxygen atoms in total. The molecule has 0 radical (unpaired) electrons. The van der Waals surface area contributed by atoms with Crippen molar-refractivity contribution in [2.75, 3.05) is 18.0 Å². The van der Waals surface area contributed by atoms with Gasteiger partial charge in [-0.3, -0.25) is 0 Å². The Balaban J connectivity index is 2.56. The number of aromatic nitrogens is 3. The van der Waals surface area contributed by atoms with Crippen LogP contribution in [0.3, 0.4) is 0 Å². The van der Waals surface area contributed by atoms with Gasteiger partial charge in [0.05, 0.1) is 0 Å². The normalized spacial score (nSPS) is 12.3. The first kappa shape index (κ1) is 14.6. The molecule has 0 aromatic carbocycles. The third-order valence-electron chi connectivity index (χ3n) is 2.93. The summed E-state index contributed by atoms with van der Waals surface area (Å²) >= 11 is 0. The molecule has 0 spiro atoms. The van der Waals surface area contributed by atoms with Gasteiger partial charge in [-0.2, -0.15) is 18.3 Å². The highest BCUT2D eigenvalue weighted by atomic mass is 19.4. The number of hydrogen-bond acceptors (Lipinski definition) is 4. The van der Waals surface area contributed by atoms with Crippen molar-refractivity contribution >= 4 is 11.3 Å². The third kappa shape index (κ3) is 2.69. The van der Waals surface area contributed by atoms with E-state index in [-0.39, 0.29) is 6.04 Å². The van der Waals surface area contributed by atoms with Crippen molar-refractivity contribution in [3.8, 4) is 0 Å². The predicted octanol–water partition coefficient (Wildman–Crippen LogP) is 1.92. The van der Waals surface area contributed by atoms with Crippen molar-refractivity contribution in [1.82, 2.24) is 14.6 Å². The molecule has 0 amide bonds. The van der Waals surface area contributed by atoms with Gasteiger partial charge >= 0.3 is 6.18 Å². The second-order valence-electron chi connectivity index (χ2n) is 4.68. The molecule has 0 saturated heterocycles. The Morgan fingerprint density at radius 2 is 2.10 bits per heavy atom. The fourth-order valence-corrected chi connectivity index (χ4v) is 2.02. The Morgan fingerprint density at radius 3 is 2.65 bits per heavy atom. The van der Waals surface area contributed by atoms with Crippen LogP contribution >= 0.6 is 0 Å². The van der Waals surface area contributed by atoms with E-state index in [1.807, 2.05) is 18.7 Å². The number of alkyl halides is 3. The van der Waals surface area contributed by atoms with E-state index in [0.29, 0.717) is 24.4 Å². The summed E-state index contributed by atoms with van der Waals surface area (Å²) < 4.78 is 39.4. The fourth-order valence-electron chi connectivity index (χ4n) is 2.02.